The summed E-state index contributed by atoms with van der Waals surface area (Å²) in [5, 5.41) is 2.83. The Kier molecular flexibility index (Phi) is 6.74. The number of carbonyl (C=O) groups excluding carboxylic acids is 1. The van der Waals surface area contributed by atoms with Gasteiger partial charge in [-0.15, -0.1) is 0 Å². The Hall–Kier alpha value is -1.75. The molecule has 0 bridgehead atoms. The molecule has 0 spiro atoms. The fraction of sp³-hybridized carbons (Fsp3) is 0.500. The molecule has 0 saturated carbocycles. The molecule has 0 radical (unpaired) electrons. The van der Waals surface area contributed by atoms with Gasteiger partial charge in [0.1, 0.15) is 11.5 Å². The standard InChI is InChI=1S/C14H21NO4/c1-4-19-9-5-8-15-14(16)12-10-11(17-2)6-7-13(12)18-3/h6-7,10H,4-5,8-9H2,1-3H3,(H,15,16). The first-order valence-electron chi connectivity index (χ1n) is 6.30. The first kappa shape index (κ1) is 15.3. The van der Waals surface area contributed by atoms with Crippen LogP contribution >= 0.6 is 0 Å². The lowest BCUT2D eigenvalue weighted by Gasteiger charge is -2.10. The molecule has 0 aromatic heterocycles. The maximum absolute atomic E-state index is 12.0. The molecule has 0 aliphatic heterocycles. The Bertz CT molecular complexity index is 406. The number of rotatable bonds is 8. The number of carbonyl (C=O) groups is 1. The van der Waals surface area contributed by atoms with Crippen molar-refractivity contribution in [3.63, 3.8) is 0 Å². The summed E-state index contributed by atoms with van der Waals surface area (Å²) in [4.78, 5) is 12.0. The minimum absolute atomic E-state index is 0.174. The highest BCUT2D eigenvalue weighted by atomic mass is 16.5. The van der Waals surface area contributed by atoms with Crippen molar-refractivity contribution in [1.82, 2.24) is 5.32 Å². The lowest BCUT2D eigenvalue weighted by molar-refractivity contribution is 0.0941. The second-order valence-electron chi connectivity index (χ2n) is 3.87. The number of benzene rings is 1. The van der Waals surface area contributed by atoms with Gasteiger partial charge in [0.05, 0.1) is 19.8 Å². The minimum atomic E-state index is -0.174. The van der Waals surface area contributed by atoms with Crippen molar-refractivity contribution in [3.8, 4) is 11.5 Å². The van der Waals surface area contributed by atoms with Gasteiger partial charge in [0.15, 0.2) is 0 Å². The van der Waals surface area contributed by atoms with Crippen LogP contribution < -0.4 is 14.8 Å². The first-order chi connectivity index (χ1) is 9.22. The van der Waals surface area contributed by atoms with Crippen LogP contribution in [-0.2, 0) is 4.74 Å². The molecule has 0 unspecified atom stereocenters. The van der Waals surface area contributed by atoms with Crippen LogP contribution in [0, 0.1) is 0 Å². The van der Waals surface area contributed by atoms with Gasteiger partial charge in [-0.25, -0.2) is 0 Å². The predicted octanol–water partition coefficient (Wildman–Crippen LogP) is 1.86. The molecule has 1 aromatic rings. The highest BCUT2D eigenvalue weighted by molar-refractivity contribution is 5.97. The van der Waals surface area contributed by atoms with Crippen LogP contribution in [0.15, 0.2) is 18.2 Å². The number of hydrogen-bond donors (Lipinski definition) is 1. The van der Waals surface area contributed by atoms with Gasteiger partial charge in [-0.05, 0) is 31.5 Å². The number of nitrogens with one attached hydrogen (secondary N) is 1. The van der Waals surface area contributed by atoms with Crippen LogP contribution in [0.3, 0.4) is 0 Å². The zero-order valence-electron chi connectivity index (χ0n) is 11.7. The normalized spacial score (nSPS) is 10.1. The molecule has 5 heteroatoms. The topological polar surface area (TPSA) is 56.8 Å². The Morgan fingerprint density at radius 3 is 2.68 bits per heavy atom. The molecule has 0 atom stereocenters. The molecule has 19 heavy (non-hydrogen) atoms. The van der Waals surface area contributed by atoms with Crippen LogP contribution in [0.2, 0.25) is 0 Å². The van der Waals surface area contributed by atoms with Gasteiger partial charge in [0, 0.05) is 19.8 Å². The average molecular weight is 267 g/mol. The highest BCUT2D eigenvalue weighted by Gasteiger charge is 2.12. The third-order valence-corrected chi connectivity index (χ3v) is 2.61. The summed E-state index contributed by atoms with van der Waals surface area (Å²) in [7, 11) is 3.10. The van der Waals surface area contributed by atoms with Gasteiger partial charge >= 0.3 is 0 Å². The average Bonchev–Trinajstić information content (AvgIpc) is 2.46. The third kappa shape index (κ3) is 4.79. The van der Waals surface area contributed by atoms with Crippen molar-refractivity contribution in [2.24, 2.45) is 0 Å². The van der Waals surface area contributed by atoms with Crippen LogP contribution in [0.25, 0.3) is 0 Å². The second-order valence-corrected chi connectivity index (χ2v) is 3.87. The molecule has 0 aliphatic rings. The van der Waals surface area contributed by atoms with Crippen LogP contribution in [0.1, 0.15) is 23.7 Å². The SMILES string of the molecule is CCOCCCNC(=O)c1cc(OC)ccc1OC. The Morgan fingerprint density at radius 1 is 1.26 bits per heavy atom. The summed E-state index contributed by atoms with van der Waals surface area (Å²) in [6.45, 7) is 3.85. The van der Waals surface area contributed by atoms with Crippen molar-refractivity contribution >= 4 is 5.91 Å². The summed E-state index contributed by atoms with van der Waals surface area (Å²) < 4.78 is 15.5. The zero-order valence-corrected chi connectivity index (χ0v) is 11.7. The van der Waals surface area contributed by atoms with Gasteiger partial charge in [-0.1, -0.05) is 0 Å². The van der Waals surface area contributed by atoms with Crippen LogP contribution in [0.5, 0.6) is 11.5 Å². The molecule has 0 aliphatic carbocycles. The summed E-state index contributed by atoms with van der Waals surface area (Å²) >= 11 is 0. The molecular formula is C14H21NO4. The number of methoxy groups -OCH3 is 2. The maximum atomic E-state index is 12.0. The van der Waals surface area contributed by atoms with E-state index in [0.29, 0.717) is 36.8 Å². The maximum Gasteiger partial charge on any atom is 0.255 e. The molecule has 1 N–H and O–H groups in total. The minimum Gasteiger partial charge on any atom is -0.497 e. The van der Waals surface area contributed by atoms with E-state index in [4.69, 9.17) is 14.2 Å². The molecule has 0 saturated heterocycles. The van der Waals surface area contributed by atoms with E-state index < -0.39 is 0 Å². The van der Waals surface area contributed by atoms with E-state index in [9.17, 15) is 4.79 Å². The Balaban J connectivity index is 2.59. The van der Waals surface area contributed by atoms with Crippen molar-refractivity contribution < 1.29 is 19.0 Å². The van der Waals surface area contributed by atoms with E-state index >= 15 is 0 Å². The monoisotopic (exact) mass is 267 g/mol. The predicted molar refractivity (Wildman–Crippen MR) is 73.0 cm³/mol. The van der Waals surface area contributed by atoms with E-state index in [2.05, 4.69) is 5.32 Å². The van der Waals surface area contributed by atoms with Crippen LogP contribution in [0.4, 0.5) is 0 Å². The summed E-state index contributed by atoms with van der Waals surface area (Å²) in [5.41, 5.74) is 0.471. The van der Waals surface area contributed by atoms with E-state index in [1.54, 1.807) is 25.3 Å². The molecule has 0 fully saturated rings. The number of amides is 1. The molecule has 5 nitrogen and oxygen atoms in total. The lowest BCUT2D eigenvalue weighted by Crippen LogP contribution is -2.25. The quantitative estimate of drug-likeness (QED) is 0.730. The van der Waals surface area contributed by atoms with Gasteiger partial charge in [0.25, 0.3) is 5.91 Å². The van der Waals surface area contributed by atoms with Crippen molar-refractivity contribution in [2.75, 3.05) is 34.0 Å². The van der Waals surface area contributed by atoms with Crippen molar-refractivity contribution in [3.05, 3.63) is 23.8 Å². The van der Waals surface area contributed by atoms with E-state index in [1.807, 2.05) is 6.92 Å². The van der Waals surface area contributed by atoms with E-state index in [-0.39, 0.29) is 5.91 Å². The molecule has 1 rings (SSSR count). The summed E-state index contributed by atoms with van der Waals surface area (Å²) in [6.07, 6.45) is 0.784. The third-order valence-electron chi connectivity index (χ3n) is 2.61. The van der Waals surface area contributed by atoms with E-state index in [0.717, 1.165) is 6.42 Å². The smallest absolute Gasteiger partial charge is 0.255 e. The van der Waals surface area contributed by atoms with Gasteiger partial charge in [-0.3, -0.25) is 4.79 Å². The zero-order chi connectivity index (χ0) is 14.1. The fourth-order valence-electron chi connectivity index (χ4n) is 1.61. The first-order valence-corrected chi connectivity index (χ1v) is 6.30. The largest absolute Gasteiger partial charge is 0.497 e. The Labute approximate surface area is 113 Å². The molecule has 0 heterocycles. The number of hydrogen-bond acceptors (Lipinski definition) is 4. The highest BCUT2D eigenvalue weighted by Crippen LogP contribution is 2.23. The molecule has 1 aromatic carbocycles. The second kappa shape index (κ2) is 8.37. The van der Waals surface area contributed by atoms with Crippen LogP contribution in [-0.4, -0.2) is 39.9 Å². The van der Waals surface area contributed by atoms with Gasteiger partial charge in [0.2, 0.25) is 0 Å². The molecular weight excluding hydrogens is 246 g/mol. The lowest BCUT2D eigenvalue weighted by atomic mass is 10.1. The fourth-order valence-corrected chi connectivity index (χ4v) is 1.61. The molecule has 1 amide bonds. The van der Waals surface area contributed by atoms with Crippen molar-refractivity contribution in [2.45, 2.75) is 13.3 Å². The summed E-state index contributed by atoms with van der Waals surface area (Å²) in [5.74, 6) is 0.982. The van der Waals surface area contributed by atoms with Gasteiger partial charge in [-0.2, -0.15) is 0 Å². The molecule has 106 valence electrons. The van der Waals surface area contributed by atoms with Crippen molar-refractivity contribution in [1.29, 1.82) is 0 Å². The van der Waals surface area contributed by atoms with Gasteiger partial charge < -0.3 is 19.5 Å². The Morgan fingerprint density at radius 2 is 2.05 bits per heavy atom. The summed E-state index contributed by atoms with van der Waals surface area (Å²) in [6, 6.07) is 5.13. The number of ether oxygens (including phenoxy) is 3. The van der Waals surface area contributed by atoms with E-state index in [1.165, 1.54) is 7.11 Å².